The summed E-state index contributed by atoms with van der Waals surface area (Å²) in [5.74, 6) is 0.124. The van der Waals surface area contributed by atoms with Gasteiger partial charge < -0.3 is 14.7 Å². The number of para-hydroxylation sites is 1. The highest BCUT2D eigenvalue weighted by Gasteiger charge is 2.24. The maximum absolute atomic E-state index is 12.8. The minimum Gasteiger partial charge on any atom is -0.508 e. The minimum absolute atomic E-state index is 0.0617. The van der Waals surface area contributed by atoms with E-state index in [1.54, 1.807) is 41.6 Å². The molecular weight excluding hydrogens is 292 g/mol. The zero-order valence-corrected chi connectivity index (χ0v) is 12.9. The first kappa shape index (κ1) is 15.5. The van der Waals surface area contributed by atoms with Crippen LogP contribution in [0.25, 0.3) is 0 Å². The molecule has 5 nitrogen and oxygen atoms in total. The van der Waals surface area contributed by atoms with Crippen molar-refractivity contribution in [3.63, 3.8) is 0 Å². The second kappa shape index (κ2) is 7.24. The monoisotopic (exact) mass is 312 g/mol. The quantitative estimate of drug-likeness (QED) is 0.922. The molecule has 0 bridgehead atoms. The van der Waals surface area contributed by atoms with Crippen molar-refractivity contribution in [1.29, 1.82) is 0 Å². The van der Waals surface area contributed by atoms with E-state index in [1.807, 2.05) is 12.1 Å². The fourth-order valence-corrected chi connectivity index (χ4v) is 2.78. The standard InChI is InChI=1S/C18H20N2O3/c21-17-6-2-1-4-15(17)12-20(13-16-5-3-11-23-16)18(22)14-7-9-19-10-8-14/h1-2,4,6-10,16,21H,3,5,11-13H2. The first-order valence-corrected chi connectivity index (χ1v) is 7.82. The Morgan fingerprint density at radius 2 is 2.04 bits per heavy atom. The topological polar surface area (TPSA) is 62.7 Å². The van der Waals surface area contributed by atoms with Gasteiger partial charge in [0.05, 0.1) is 6.10 Å². The Morgan fingerprint density at radius 1 is 1.26 bits per heavy atom. The zero-order chi connectivity index (χ0) is 16.1. The van der Waals surface area contributed by atoms with E-state index in [-0.39, 0.29) is 17.8 Å². The van der Waals surface area contributed by atoms with Gasteiger partial charge in [-0.3, -0.25) is 9.78 Å². The summed E-state index contributed by atoms with van der Waals surface area (Å²) >= 11 is 0. The number of phenols is 1. The molecule has 0 radical (unpaired) electrons. The van der Waals surface area contributed by atoms with E-state index in [0.717, 1.165) is 25.0 Å². The lowest BCUT2D eigenvalue weighted by Crippen LogP contribution is -2.37. The summed E-state index contributed by atoms with van der Waals surface area (Å²) in [5.41, 5.74) is 1.32. The van der Waals surface area contributed by atoms with Gasteiger partial charge in [-0.2, -0.15) is 0 Å². The third kappa shape index (κ3) is 3.87. The highest BCUT2D eigenvalue weighted by atomic mass is 16.5. The van der Waals surface area contributed by atoms with Gasteiger partial charge in [0.25, 0.3) is 5.91 Å². The van der Waals surface area contributed by atoms with Gasteiger partial charge in [-0.05, 0) is 31.0 Å². The predicted octanol–water partition coefficient (Wildman–Crippen LogP) is 2.61. The number of aromatic nitrogens is 1. The van der Waals surface area contributed by atoms with E-state index in [4.69, 9.17) is 4.74 Å². The van der Waals surface area contributed by atoms with Crippen molar-refractivity contribution in [2.75, 3.05) is 13.2 Å². The molecule has 3 rings (SSSR count). The molecule has 1 aliphatic rings. The van der Waals surface area contributed by atoms with E-state index in [2.05, 4.69) is 4.98 Å². The van der Waals surface area contributed by atoms with Crippen LogP contribution in [-0.2, 0) is 11.3 Å². The Hall–Kier alpha value is -2.40. The molecule has 1 aromatic heterocycles. The van der Waals surface area contributed by atoms with Gasteiger partial charge in [0.15, 0.2) is 0 Å². The van der Waals surface area contributed by atoms with Crippen molar-refractivity contribution in [2.24, 2.45) is 0 Å². The van der Waals surface area contributed by atoms with Crippen LogP contribution >= 0.6 is 0 Å². The third-order valence-corrected chi connectivity index (χ3v) is 4.02. The summed E-state index contributed by atoms with van der Waals surface area (Å²) in [5, 5.41) is 9.99. The van der Waals surface area contributed by atoms with E-state index < -0.39 is 0 Å². The molecule has 120 valence electrons. The van der Waals surface area contributed by atoms with Gasteiger partial charge in [0, 0.05) is 43.2 Å². The van der Waals surface area contributed by atoms with Crippen molar-refractivity contribution in [3.05, 3.63) is 59.9 Å². The summed E-state index contributed by atoms with van der Waals surface area (Å²) in [6, 6.07) is 10.5. The number of aromatic hydroxyl groups is 1. The SMILES string of the molecule is O=C(c1ccncc1)N(Cc1ccccc1O)CC1CCCO1. The second-order valence-electron chi connectivity index (χ2n) is 5.69. The summed E-state index contributed by atoms with van der Waals surface area (Å²) in [6.07, 6.45) is 5.26. The maximum atomic E-state index is 12.8. The Kier molecular flexibility index (Phi) is 4.88. The van der Waals surface area contributed by atoms with Gasteiger partial charge in [-0.1, -0.05) is 18.2 Å². The largest absolute Gasteiger partial charge is 0.508 e. The van der Waals surface area contributed by atoms with E-state index in [9.17, 15) is 9.90 Å². The van der Waals surface area contributed by atoms with Crippen LogP contribution < -0.4 is 0 Å². The molecule has 2 aromatic rings. The summed E-state index contributed by atoms with van der Waals surface area (Å²) < 4.78 is 5.67. The van der Waals surface area contributed by atoms with Crippen molar-refractivity contribution < 1.29 is 14.6 Å². The van der Waals surface area contributed by atoms with Crippen LogP contribution in [0.15, 0.2) is 48.8 Å². The number of nitrogens with zero attached hydrogens (tertiary/aromatic N) is 2. The number of carbonyl (C=O) groups is 1. The molecule has 1 aromatic carbocycles. The third-order valence-electron chi connectivity index (χ3n) is 4.02. The predicted molar refractivity (Wildman–Crippen MR) is 86.1 cm³/mol. The number of carbonyl (C=O) groups excluding carboxylic acids is 1. The van der Waals surface area contributed by atoms with Crippen LogP contribution in [0.1, 0.15) is 28.8 Å². The Labute approximate surface area is 135 Å². The highest BCUT2D eigenvalue weighted by molar-refractivity contribution is 5.94. The van der Waals surface area contributed by atoms with Crippen molar-refractivity contribution in [2.45, 2.75) is 25.5 Å². The smallest absolute Gasteiger partial charge is 0.254 e. The highest BCUT2D eigenvalue weighted by Crippen LogP contribution is 2.21. The van der Waals surface area contributed by atoms with Crippen LogP contribution in [0.4, 0.5) is 0 Å². The molecule has 1 atom stereocenters. The lowest BCUT2D eigenvalue weighted by Gasteiger charge is -2.26. The van der Waals surface area contributed by atoms with E-state index >= 15 is 0 Å². The molecule has 1 fully saturated rings. The lowest BCUT2D eigenvalue weighted by molar-refractivity contribution is 0.0506. The van der Waals surface area contributed by atoms with Crippen LogP contribution in [0.5, 0.6) is 5.75 Å². The van der Waals surface area contributed by atoms with Gasteiger partial charge in [0.1, 0.15) is 5.75 Å². The molecule has 1 saturated heterocycles. The molecule has 0 spiro atoms. The Balaban J connectivity index is 1.81. The second-order valence-corrected chi connectivity index (χ2v) is 5.69. The number of hydrogen-bond acceptors (Lipinski definition) is 4. The number of amides is 1. The molecule has 2 heterocycles. The lowest BCUT2D eigenvalue weighted by atomic mass is 10.1. The number of benzene rings is 1. The molecule has 1 N–H and O–H groups in total. The van der Waals surface area contributed by atoms with Gasteiger partial charge >= 0.3 is 0 Å². The minimum atomic E-state index is -0.0776. The summed E-state index contributed by atoms with van der Waals surface area (Å²) in [4.78, 5) is 18.5. The molecule has 1 amide bonds. The molecule has 0 saturated carbocycles. The van der Waals surface area contributed by atoms with Gasteiger partial charge in [0.2, 0.25) is 0 Å². The van der Waals surface area contributed by atoms with Crippen LogP contribution in [0, 0.1) is 0 Å². The first-order chi connectivity index (χ1) is 11.2. The summed E-state index contributed by atoms with van der Waals surface area (Å²) in [7, 11) is 0. The Bertz CT molecular complexity index is 654. The molecule has 23 heavy (non-hydrogen) atoms. The maximum Gasteiger partial charge on any atom is 0.254 e. The van der Waals surface area contributed by atoms with Crippen LogP contribution in [0.3, 0.4) is 0 Å². The summed E-state index contributed by atoms with van der Waals surface area (Å²) in [6.45, 7) is 1.63. The number of phenolic OH excluding ortho intramolecular Hbond substituents is 1. The van der Waals surface area contributed by atoms with Crippen LogP contribution in [-0.4, -0.2) is 40.2 Å². The first-order valence-electron chi connectivity index (χ1n) is 7.82. The average Bonchev–Trinajstić information content (AvgIpc) is 3.09. The molecule has 5 heteroatoms. The molecule has 0 aliphatic carbocycles. The molecular formula is C18H20N2O3. The number of rotatable bonds is 5. The van der Waals surface area contributed by atoms with Crippen molar-refractivity contribution in [3.8, 4) is 5.75 Å². The fraction of sp³-hybridized carbons (Fsp3) is 0.333. The van der Waals surface area contributed by atoms with Gasteiger partial charge in [-0.25, -0.2) is 0 Å². The Morgan fingerprint density at radius 3 is 2.74 bits per heavy atom. The fourth-order valence-electron chi connectivity index (χ4n) is 2.78. The molecule has 1 unspecified atom stereocenters. The number of ether oxygens (including phenoxy) is 1. The molecule has 1 aliphatic heterocycles. The average molecular weight is 312 g/mol. The van der Waals surface area contributed by atoms with Gasteiger partial charge in [-0.15, -0.1) is 0 Å². The van der Waals surface area contributed by atoms with Crippen molar-refractivity contribution in [1.82, 2.24) is 9.88 Å². The number of pyridine rings is 1. The zero-order valence-electron chi connectivity index (χ0n) is 12.9. The van der Waals surface area contributed by atoms with Crippen molar-refractivity contribution >= 4 is 5.91 Å². The van der Waals surface area contributed by atoms with E-state index in [0.29, 0.717) is 18.7 Å². The normalized spacial score (nSPS) is 17.1. The number of hydrogen-bond donors (Lipinski definition) is 1. The van der Waals surface area contributed by atoms with E-state index in [1.165, 1.54) is 0 Å². The van der Waals surface area contributed by atoms with Crippen LogP contribution in [0.2, 0.25) is 0 Å².